The van der Waals surface area contributed by atoms with Crippen LogP contribution in [0.2, 0.25) is 0 Å². The molecule has 0 saturated heterocycles. The van der Waals surface area contributed by atoms with Gasteiger partial charge in [0, 0.05) is 37.4 Å². The third-order valence-corrected chi connectivity index (χ3v) is 3.59. The maximum atomic E-state index is 5.04. The van der Waals surface area contributed by atoms with E-state index in [-0.39, 0.29) is 0 Å². The average Bonchev–Trinajstić information content (AvgIpc) is 3.23. The van der Waals surface area contributed by atoms with Crippen molar-refractivity contribution in [1.82, 2.24) is 15.2 Å². The Morgan fingerprint density at radius 3 is 2.83 bits per heavy atom. The van der Waals surface area contributed by atoms with Gasteiger partial charge in [-0.05, 0) is 32.4 Å². The Kier molecular flexibility index (Phi) is 4.55. The Morgan fingerprint density at radius 1 is 1.50 bits per heavy atom. The van der Waals surface area contributed by atoms with Crippen LogP contribution in [0.1, 0.15) is 25.3 Å². The van der Waals surface area contributed by atoms with Gasteiger partial charge in [-0.1, -0.05) is 6.07 Å². The summed E-state index contributed by atoms with van der Waals surface area (Å²) in [5, 5.41) is 3.48. The number of likely N-dealkylation sites (N-methyl/N-ethyl adjacent to an activating group) is 1. The first kappa shape index (κ1) is 13.3. The van der Waals surface area contributed by atoms with Crippen LogP contribution in [0.3, 0.4) is 0 Å². The van der Waals surface area contributed by atoms with Crippen LogP contribution >= 0.6 is 0 Å². The van der Waals surface area contributed by atoms with Crippen LogP contribution < -0.4 is 10.1 Å². The maximum Gasteiger partial charge on any atom is 0.212 e. The van der Waals surface area contributed by atoms with Crippen molar-refractivity contribution < 1.29 is 4.74 Å². The van der Waals surface area contributed by atoms with Gasteiger partial charge in [0.2, 0.25) is 5.88 Å². The summed E-state index contributed by atoms with van der Waals surface area (Å²) in [5.74, 6) is 0.667. The van der Waals surface area contributed by atoms with E-state index in [0.717, 1.165) is 19.1 Å². The third-order valence-electron chi connectivity index (χ3n) is 3.59. The first-order chi connectivity index (χ1) is 8.70. The van der Waals surface area contributed by atoms with Gasteiger partial charge in [-0.3, -0.25) is 4.90 Å². The van der Waals surface area contributed by atoms with E-state index in [1.54, 1.807) is 7.11 Å². The second kappa shape index (κ2) is 6.16. The Balaban J connectivity index is 1.70. The van der Waals surface area contributed by atoms with Gasteiger partial charge in [-0.25, -0.2) is 4.98 Å². The molecule has 1 fully saturated rings. The van der Waals surface area contributed by atoms with E-state index in [9.17, 15) is 0 Å². The van der Waals surface area contributed by atoms with Crippen LogP contribution in [0.25, 0.3) is 0 Å². The van der Waals surface area contributed by atoms with E-state index < -0.39 is 0 Å². The van der Waals surface area contributed by atoms with Crippen molar-refractivity contribution in [2.45, 2.75) is 38.4 Å². The lowest BCUT2D eigenvalue weighted by atomic mass is 10.2. The topological polar surface area (TPSA) is 37.4 Å². The number of pyridine rings is 1. The summed E-state index contributed by atoms with van der Waals surface area (Å²) in [7, 11) is 3.86. The highest BCUT2D eigenvalue weighted by Crippen LogP contribution is 2.26. The van der Waals surface area contributed by atoms with Gasteiger partial charge in [0.15, 0.2) is 0 Å². The second-order valence-corrected chi connectivity index (χ2v) is 5.09. The number of hydrogen-bond acceptors (Lipinski definition) is 4. The summed E-state index contributed by atoms with van der Waals surface area (Å²) in [6, 6.07) is 5.36. The normalized spacial score (nSPS) is 16.9. The molecule has 0 aromatic carbocycles. The number of aromatic nitrogens is 1. The Morgan fingerprint density at radius 2 is 2.28 bits per heavy atom. The van der Waals surface area contributed by atoms with Crippen molar-refractivity contribution in [3.63, 3.8) is 0 Å². The largest absolute Gasteiger partial charge is 0.481 e. The molecular formula is C14H23N3O. The summed E-state index contributed by atoms with van der Waals surface area (Å²) in [6.45, 7) is 4.15. The molecule has 0 amide bonds. The van der Waals surface area contributed by atoms with Gasteiger partial charge in [0.1, 0.15) is 0 Å². The first-order valence-electron chi connectivity index (χ1n) is 6.62. The van der Waals surface area contributed by atoms with Crippen molar-refractivity contribution in [2.24, 2.45) is 0 Å². The SMILES string of the molecule is COc1ccc(CNCC(C)N(C)C2CC2)cn1. The first-order valence-corrected chi connectivity index (χ1v) is 6.62. The van der Waals surface area contributed by atoms with Crippen molar-refractivity contribution in [1.29, 1.82) is 0 Å². The number of ether oxygens (including phenoxy) is 1. The van der Waals surface area contributed by atoms with Gasteiger partial charge in [0.05, 0.1) is 7.11 Å². The van der Waals surface area contributed by atoms with Crippen LogP contribution in [-0.4, -0.2) is 42.7 Å². The van der Waals surface area contributed by atoms with Crippen LogP contribution in [0.5, 0.6) is 5.88 Å². The Bertz CT molecular complexity index is 362. The Labute approximate surface area is 109 Å². The zero-order chi connectivity index (χ0) is 13.0. The fourth-order valence-corrected chi connectivity index (χ4v) is 2.05. The van der Waals surface area contributed by atoms with E-state index >= 15 is 0 Å². The van der Waals surface area contributed by atoms with E-state index in [4.69, 9.17) is 4.74 Å². The third kappa shape index (κ3) is 3.68. The Hall–Kier alpha value is -1.13. The fourth-order valence-electron chi connectivity index (χ4n) is 2.05. The molecule has 18 heavy (non-hydrogen) atoms. The molecule has 4 nitrogen and oxygen atoms in total. The highest BCUT2D eigenvalue weighted by molar-refractivity contribution is 5.17. The molecule has 1 unspecified atom stereocenters. The zero-order valence-electron chi connectivity index (χ0n) is 11.5. The van der Waals surface area contributed by atoms with Gasteiger partial charge in [-0.15, -0.1) is 0 Å². The van der Waals surface area contributed by atoms with E-state index in [1.807, 2.05) is 18.3 Å². The molecule has 4 heteroatoms. The number of nitrogens with one attached hydrogen (secondary N) is 1. The number of rotatable bonds is 7. The standard InChI is InChI=1S/C14H23N3O/c1-11(17(2)13-5-6-13)8-15-9-12-4-7-14(18-3)16-10-12/h4,7,10-11,13,15H,5-6,8-9H2,1-3H3. The summed E-state index contributed by atoms with van der Waals surface area (Å²) < 4.78 is 5.04. The molecule has 1 atom stereocenters. The summed E-state index contributed by atoms with van der Waals surface area (Å²) in [4.78, 5) is 6.67. The fraction of sp³-hybridized carbons (Fsp3) is 0.643. The predicted molar refractivity (Wildman–Crippen MR) is 72.7 cm³/mol. The van der Waals surface area contributed by atoms with Gasteiger partial charge >= 0.3 is 0 Å². The van der Waals surface area contributed by atoms with Gasteiger partial charge in [0.25, 0.3) is 0 Å². The smallest absolute Gasteiger partial charge is 0.212 e. The monoisotopic (exact) mass is 249 g/mol. The lowest BCUT2D eigenvalue weighted by Gasteiger charge is -2.24. The van der Waals surface area contributed by atoms with Crippen LogP contribution in [0.15, 0.2) is 18.3 Å². The van der Waals surface area contributed by atoms with Crippen LogP contribution in [0.4, 0.5) is 0 Å². The predicted octanol–water partition coefficient (Wildman–Crippen LogP) is 1.66. The molecule has 0 bridgehead atoms. The lowest BCUT2D eigenvalue weighted by Crippen LogP contribution is -2.38. The summed E-state index contributed by atoms with van der Waals surface area (Å²) in [6.07, 6.45) is 4.59. The maximum absolute atomic E-state index is 5.04. The van der Waals surface area contributed by atoms with Crippen LogP contribution in [0, 0.1) is 0 Å². The molecule has 1 N–H and O–H groups in total. The number of methoxy groups -OCH3 is 1. The van der Waals surface area contributed by atoms with Crippen molar-refractivity contribution >= 4 is 0 Å². The molecule has 100 valence electrons. The highest BCUT2D eigenvalue weighted by Gasteiger charge is 2.28. The molecule has 1 aromatic heterocycles. The number of nitrogens with zero attached hydrogens (tertiary/aromatic N) is 2. The van der Waals surface area contributed by atoms with E-state index in [0.29, 0.717) is 11.9 Å². The molecule has 1 aliphatic rings. The molecule has 0 radical (unpaired) electrons. The second-order valence-electron chi connectivity index (χ2n) is 5.09. The molecule has 1 heterocycles. The minimum atomic E-state index is 0.587. The molecule has 1 aliphatic carbocycles. The minimum Gasteiger partial charge on any atom is -0.481 e. The zero-order valence-corrected chi connectivity index (χ0v) is 11.5. The van der Waals surface area contributed by atoms with E-state index in [1.165, 1.54) is 18.4 Å². The summed E-state index contributed by atoms with van der Waals surface area (Å²) in [5.41, 5.74) is 1.19. The molecule has 1 saturated carbocycles. The highest BCUT2D eigenvalue weighted by atomic mass is 16.5. The van der Waals surface area contributed by atoms with Crippen molar-refractivity contribution in [3.8, 4) is 5.88 Å². The van der Waals surface area contributed by atoms with Gasteiger partial charge in [-0.2, -0.15) is 0 Å². The van der Waals surface area contributed by atoms with Crippen LogP contribution in [-0.2, 0) is 6.54 Å². The molecule has 0 aliphatic heterocycles. The quantitative estimate of drug-likeness (QED) is 0.797. The average molecular weight is 249 g/mol. The molecule has 1 aromatic rings. The van der Waals surface area contributed by atoms with Gasteiger partial charge < -0.3 is 10.1 Å². The molecule has 0 spiro atoms. The number of hydrogen-bond donors (Lipinski definition) is 1. The minimum absolute atomic E-state index is 0.587. The van der Waals surface area contributed by atoms with Crippen molar-refractivity contribution in [3.05, 3.63) is 23.9 Å². The lowest BCUT2D eigenvalue weighted by molar-refractivity contribution is 0.241. The van der Waals surface area contributed by atoms with E-state index in [2.05, 4.69) is 29.2 Å². The summed E-state index contributed by atoms with van der Waals surface area (Å²) >= 11 is 0. The van der Waals surface area contributed by atoms with Crippen molar-refractivity contribution in [2.75, 3.05) is 20.7 Å². The molecular weight excluding hydrogens is 226 g/mol. The molecule has 2 rings (SSSR count).